The van der Waals surface area contributed by atoms with Crippen LogP contribution in [0.4, 0.5) is 0 Å². The van der Waals surface area contributed by atoms with Crippen molar-refractivity contribution in [3.8, 4) is 0 Å². The number of halogens is 1. The van der Waals surface area contributed by atoms with E-state index in [0.717, 1.165) is 0 Å². The van der Waals surface area contributed by atoms with E-state index in [2.05, 4.69) is 0 Å². The summed E-state index contributed by atoms with van der Waals surface area (Å²) in [5.41, 5.74) is 0.403. The van der Waals surface area contributed by atoms with Crippen LogP contribution >= 0.6 is 11.6 Å². The van der Waals surface area contributed by atoms with Gasteiger partial charge in [-0.05, 0) is 18.6 Å². The Labute approximate surface area is 69.0 Å². The summed E-state index contributed by atoms with van der Waals surface area (Å²) in [6, 6.07) is 0. The predicted octanol–water partition coefficient (Wildman–Crippen LogP) is 1.99. The van der Waals surface area contributed by atoms with Gasteiger partial charge in [0.2, 0.25) is 0 Å². The molecule has 4 heteroatoms. The van der Waals surface area contributed by atoms with E-state index in [1.54, 1.807) is 6.92 Å². The molecule has 0 aliphatic heterocycles. The van der Waals surface area contributed by atoms with Gasteiger partial charge in [-0.15, -0.1) is 0 Å². The number of aliphatic hydroxyl groups excluding tert-OH is 1. The standard InChI is InChI=1S/C7H7ClN2O/c1-3-2-4(8)7(11)6(10)5(3)9/h2,9-11H,1H3. The van der Waals surface area contributed by atoms with Crippen LogP contribution < -0.4 is 0 Å². The number of aliphatic hydroxyl groups is 1. The fourth-order valence-corrected chi connectivity index (χ4v) is 1.02. The van der Waals surface area contributed by atoms with Crippen molar-refractivity contribution in [3.63, 3.8) is 0 Å². The third-order valence-electron chi connectivity index (χ3n) is 1.45. The van der Waals surface area contributed by atoms with E-state index in [-0.39, 0.29) is 22.2 Å². The Balaban J connectivity index is 3.22. The summed E-state index contributed by atoms with van der Waals surface area (Å²) >= 11 is 5.54. The molecule has 0 heterocycles. The van der Waals surface area contributed by atoms with Gasteiger partial charge in [0.15, 0.2) is 5.76 Å². The van der Waals surface area contributed by atoms with Gasteiger partial charge in [-0.2, -0.15) is 0 Å². The predicted molar refractivity (Wildman–Crippen MR) is 44.7 cm³/mol. The Morgan fingerprint density at radius 1 is 1.36 bits per heavy atom. The van der Waals surface area contributed by atoms with E-state index in [9.17, 15) is 0 Å². The molecule has 1 aliphatic carbocycles. The molecule has 0 aromatic rings. The average molecular weight is 171 g/mol. The van der Waals surface area contributed by atoms with E-state index >= 15 is 0 Å². The number of nitrogens with one attached hydrogen (secondary N) is 2. The molecule has 3 nitrogen and oxygen atoms in total. The molecule has 3 N–H and O–H groups in total. The van der Waals surface area contributed by atoms with Crippen molar-refractivity contribution in [2.75, 3.05) is 0 Å². The summed E-state index contributed by atoms with van der Waals surface area (Å²) in [6.07, 6.45) is 1.47. The highest BCUT2D eigenvalue weighted by molar-refractivity contribution is 6.54. The number of allylic oxidation sites excluding steroid dienone is 4. The molecule has 0 unspecified atom stereocenters. The minimum absolute atomic E-state index is 0.0203. The van der Waals surface area contributed by atoms with Crippen molar-refractivity contribution in [3.05, 3.63) is 22.4 Å². The normalized spacial score (nSPS) is 18.9. The van der Waals surface area contributed by atoms with Crippen LogP contribution in [-0.2, 0) is 0 Å². The number of hydrogen-bond acceptors (Lipinski definition) is 3. The smallest absolute Gasteiger partial charge is 0.161 e. The Hall–Kier alpha value is -1.09. The van der Waals surface area contributed by atoms with Gasteiger partial charge in [-0.1, -0.05) is 11.6 Å². The van der Waals surface area contributed by atoms with E-state index in [0.29, 0.717) is 5.57 Å². The van der Waals surface area contributed by atoms with Crippen molar-refractivity contribution in [1.82, 2.24) is 0 Å². The Morgan fingerprint density at radius 2 is 1.91 bits per heavy atom. The lowest BCUT2D eigenvalue weighted by molar-refractivity contribution is 0.442. The quantitative estimate of drug-likeness (QED) is 0.478. The van der Waals surface area contributed by atoms with Crippen molar-refractivity contribution < 1.29 is 5.11 Å². The van der Waals surface area contributed by atoms with Gasteiger partial charge in [-0.25, -0.2) is 0 Å². The summed E-state index contributed by atoms with van der Waals surface area (Å²) in [7, 11) is 0. The van der Waals surface area contributed by atoms with Crippen LogP contribution in [0, 0.1) is 10.8 Å². The second kappa shape index (κ2) is 2.51. The van der Waals surface area contributed by atoms with Crippen molar-refractivity contribution in [2.45, 2.75) is 6.92 Å². The Kier molecular flexibility index (Phi) is 1.83. The second-order valence-electron chi connectivity index (χ2n) is 2.27. The van der Waals surface area contributed by atoms with Crippen molar-refractivity contribution in [2.24, 2.45) is 0 Å². The maximum Gasteiger partial charge on any atom is 0.161 e. The first-order valence-electron chi connectivity index (χ1n) is 2.99. The zero-order valence-corrected chi connectivity index (χ0v) is 6.66. The van der Waals surface area contributed by atoms with Crippen LogP contribution in [0.3, 0.4) is 0 Å². The number of rotatable bonds is 0. The first-order valence-corrected chi connectivity index (χ1v) is 3.37. The Bertz CT molecular complexity index is 298. The summed E-state index contributed by atoms with van der Waals surface area (Å²) in [5.74, 6) is -0.317. The lowest BCUT2D eigenvalue weighted by Crippen LogP contribution is -2.19. The van der Waals surface area contributed by atoms with E-state index in [4.69, 9.17) is 27.5 Å². The monoisotopic (exact) mass is 170 g/mol. The zero-order chi connectivity index (χ0) is 8.59. The van der Waals surface area contributed by atoms with Gasteiger partial charge in [0.25, 0.3) is 0 Å². The first kappa shape index (κ1) is 8.01. The van der Waals surface area contributed by atoms with E-state index in [1.165, 1.54) is 6.08 Å². The molecule has 0 aromatic heterocycles. The summed E-state index contributed by atoms with van der Waals surface area (Å²) in [5, 5.41) is 23.7. The fraction of sp³-hybridized carbons (Fsp3) is 0.143. The molecule has 0 bridgehead atoms. The van der Waals surface area contributed by atoms with Gasteiger partial charge in [0.1, 0.15) is 5.71 Å². The molecule has 0 spiro atoms. The number of hydrogen-bond donors (Lipinski definition) is 3. The summed E-state index contributed by atoms with van der Waals surface area (Å²) in [6.45, 7) is 1.67. The maximum absolute atomic E-state index is 9.07. The third kappa shape index (κ3) is 1.19. The molecule has 0 amide bonds. The molecule has 0 saturated heterocycles. The second-order valence-corrected chi connectivity index (χ2v) is 2.68. The lowest BCUT2D eigenvalue weighted by atomic mass is 10.0. The van der Waals surface area contributed by atoms with Crippen LogP contribution in [0.15, 0.2) is 22.4 Å². The van der Waals surface area contributed by atoms with Crippen LogP contribution in [0.1, 0.15) is 6.92 Å². The summed E-state index contributed by atoms with van der Waals surface area (Å²) < 4.78 is 0. The minimum atomic E-state index is -0.317. The van der Waals surface area contributed by atoms with Crippen LogP contribution in [0.2, 0.25) is 0 Å². The zero-order valence-electron chi connectivity index (χ0n) is 5.90. The maximum atomic E-state index is 9.07. The highest BCUT2D eigenvalue weighted by atomic mass is 35.5. The van der Waals surface area contributed by atoms with Crippen molar-refractivity contribution in [1.29, 1.82) is 10.8 Å². The Morgan fingerprint density at radius 3 is 2.45 bits per heavy atom. The molecule has 0 saturated carbocycles. The highest BCUT2D eigenvalue weighted by Crippen LogP contribution is 2.19. The van der Waals surface area contributed by atoms with Crippen molar-refractivity contribution >= 4 is 23.0 Å². The average Bonchev–Trinajstić information content (AvgIpc) is 1.97. The molecule has 0 aromatic carbocycles. The molecule has 58 valence electrons. The van der Waals surface area contributed by atoms with Gasteiger partial charge >= 0.3 is 0 Å². The van der Waals surface area contributed by atoms with Crippen LogP contribution in [0.25, 0.3) is 0 Å². The molecular weight excluding hydrogens is 164 g/mol. The molecule has 11 heavy (non-hydrogen) atoms. The molecule has 0 radical (unpaired) electrons. The van der Waals surface area contributed by atoms with E-state index in [1.807, 2.05) is 0 Å². The highest BCUT2D eigenvalue weighted by Gasteiger charge is 2.19. The topological polar surface area (TPSA) is 67.9 Å². The summed E-state index contributed by atoms with van der Waals surface area (Å²) in [4.78, 5) is 0. The largest absolute Gasteiger partial charge is 0.504 e. The van der Waals surface area contributed by atoms with E-state index < -0.39 is 0 Å². The third-order valence-corrected chi connectivity index (χ3v) is 1.74. The lowest BCUT2D eigenvalue weighted by Gasteiger charge is -2.11. The fourth-order valence-electron chi connectivity index (χ4n) is 0.766. The van der Waals surface area contributed by atoms with Gasteiger partial charge in [0, 0.05) is 0 Å². The molecule has 0 fully saturated rings. The van der Waals surface area contributed by atoms with Crippen LogP contribution in [-0.4, -0.2) is 16.5 Å². The molecule has 0 atom stereocenters. The SMILES string of the molecule is CC1=CC(Cl)=C(O)C(=N)C1=N. The van der Waals surface area contributed by atoms with Gasteiger partial charge in [0.05, 0.1) is 10.7 Å². The van der Waals surface area contributed by atoms with Gasteiger partial charge < -0.3 is 5.11 Å². The first-order chi connectivity index (χ1) is 5.04. The minimum Gasteiger partial charge on any atom is -0.504 e. The molecule has 1 aliphatic rings. The van der Waals surface area contributed by atoms with Crippen LogP contribution in [0.5, 0.6) is 0 Å². The van der Waals surface area contributed by atoms with Gasteiger partial charge in [-0.3, -0.25) is 10.8 Å². The molecule has 1 rings (SSSR count). The molecular formula is C7H7ClN2O.